The van der Waals surface area contributed by atoms with Crippen molar-refractivity contribution < 1.29 is 9.90 Å². The number of aryl methyl sites for hydroxylation is 2. The first-order valence-electron chi connectivity index (χ1n) is 6.53. The average molecular weight is 291 g/mol. The highest BCUT2D eigenvalue weighted by Crippen LogP contribution is 2.22. The lowest BCUT2D eigenvalue weighted by atomic mass is 10.1. The number of carboxylic acids is 1. The molecule has 0 atom stereocenters. The van der Waals surface area contributed by atoms with E-state index in [0.29, 0.717) is 5.16 Å². The van der Waals surface area contributed by atoms with Crippen molar-refractivity contribution in [3.05, 3.63) is 35.7 Å². The molecular weight excluding hydrogens is 274 g/mol. The zero-order valence-electron chi connectivity index (χ0n) is 11.5. The molecule has 1 N–H and O–H groups in total. The minimum Gasteiger partial charge on any atom is -0.481 e. The quantitative estimate of drug-likeness (QED) is 0.828. The monoisotopic (exact) mass is 291 g/mol. The van der Waals surface area contributed by atoms with Crippen LogP contribution in [-0.4, -0.2) is 31.6 Å². The maximum absolute atomic E-state index is 10.7. The summed E-state index contributed by atoms with van der Waals surface area (Å²) in [5, 5.41) is 17.6. The van der Waals surface area contributed by atoms with Crippen molar-refractivity contribution in [3.8, 4) is 5.69 Å². The molecule has 0 bridgehead atoms. The fraction of sp³-hybridized carbons (Fsp3) is 0.357. The zero-order valence-corrected chi connectivity index (χ0v) is 12.4. The lowest BCUT2D eigenvalue weighted by Crippen LogP contribution is -2.04. The third kappa shape index (κ3) is 3.19. The largest absolute Gasteiger partial charge is 0.481 e. The van der Waals surface area contributed by atoms with Gasteiger partial charge in [-0.15, -0.1) is 10.2 Å². The normalized spacial score (nSPS) is 10.7. The Morgan fingerprint density at radius 2 is 1.90 bits per heavy atom. The van der Waals surface area contributed by atoms with Gasteiger partial charge in [-0.3, -0.25) is 9.36 Å². The number of carboxylic acid groups (broad SMARTS) is 1. The van der Waals surface area contributed by atoms with Gasteiger partial charge >= 0.3 is 5.97 Å². The molecule has 0 spiro atoms. The molecule has 0 fully saturated rings. The van der Waals surface area contributed by atoms with E-state index >= 15 is 0 Å². The molecule has 20 heavy (non-hydrogen) atoms. The lowest BCUT2D eigenvalue weighted by Gasteiger charge is -2.09. The van der Waals surface area contributed by atoms with Gasteiger partial charge in [0.15, 0.2) is 5.16 Å². The maximum Gasteiger partial charge on any atom is 0.313 e. The first-order valence-corrected chi connectivity index (χ1v) is 7.52. The highest BCUT2D eigenvalue weighted by atomic mass is 32.2. The molecule has 106 valence electrons. The fourth-order valence-electron chi connectivity index (χ4n) is 1.89. The Bertz CT molecular complexity index is 593. The Morgan fingerprint density at radius 3 is 2.45 bits per heavy atom. The molecule has 1 heterocycles. The van der Waals surface area contributed by atoms with Crippen molar-refractivity contribution in [2.24, 2.45) is 0 Å². The maximum atomic E-state index is 10.7. The molecule has 0 aliphatic rings. The second-order valence-electron chi connectivity index (χ2n) is 4.29. The van der Waals surface area contributed by atoms with Gasteiger partial charge in [-0.1, -0.05) is 37.7 Å². The smallest absolute Gasteiger partial charge is 0.313 e. The second-order valence-corrected chi connectivity index (χ2v) is 5.23. The van der Waals surface area contributed by atoms with E-state index in [1.54, 1.807) is 0 Å². The van der Waals surface area contributed by atoms with E-state index in [-0.39, 0.29) is 5.75 Å². The van der Waals surface area contributed by atoms with Gasteiger partial charge in [-0.25, -0.2) is 0 Å². The summed E-state index contributed by atoms with van der Waals surface area (Å²) in [5.74, 6) is -0.0411. The van der Waals surface area contributed by atoms with Crippen LogP contribution in [0.2, 0.25) is 0 Å². The summed E-state index contributed by atoms with van der Waals surface area (Å²) < 4.78 is 1.92. The van der Waals surface area contributed by atoms with Crippen LogP contribution in [0.25, 0.3) is 5.69 Å². The van der Waals surface area contributed by atoms with Gasteiger partial charge in [-0.2, -0.15) is 0 Å². The van der Waals surface area contributed by atoms with Crippen LogP contribution in [0.5, 0.6) is 0 Å². The van der Waals surface area contributed by atoms with Crippen LogP contribution in [0, 0.1) is 0 Å². The van der Waals surface area contributed by atoms with E-state index < -0.39 is 5.97 Å². The SMILES string of the molecule is CCc1ccc(-n2c(CC)nnc2SCC(=O)O)cc1. The van der Waals surface area contributed by atoms with Crippen LogP contribution in [0.15, 0.2) is 29.4 Å². The number of aliphatic carboxylic acids is 1. The van der Waals surface area contributed by atoms with Gasteiger partial charge in [0, 0.05) is 12.1 Å². The molecule has 0 saturated carbocycles. The Balaban J connectivity index is 2.36. The van der Waals surface area contributed by atoms with Crippen molar-refractivity contribution in [2.75, 3.05) is 5.75 Å². The number of hydrogen-bond acceptors (Lipinski definition) is 4. The van der Waals surface area contributed by atoms with Gasteiger partial charge in [-0.05, 0) is 24.1 Å². The minimum atomic E-state index is -0.857. The number of carbonyl (C=O) groups is 1. The minimum absolute atomic E-state index is 0.0190. The Kier molecular flexibility index (Phi) is 4.79. The van der Waals surface area contributed by atoms with Crippen molar-refractivity contribution in [2.45, 2.75) is 31.8 Å². The van der Waals surface area contributed by atoms with E-state index in [2.05, 4.69) is 29.3 Å². The predicted molar refractivity (Wildman–Crippen MR) is 78.5 cm³/mol. The molecule has 0 unspecified atom stereocenters. The lowest BCUT2D eigenvalue weighted by molar-refractivity contribution is -0.133. The fourth-order valence-corrected chi connectivity index (χ4v) is 2.58. The molecule has 2 rings (SSSR count). The predicted octanol–water partition coefficient (Wildman–Crippen LogP) is 2.57. The third-order valence-electron chi connectivity index (χ3n) is 2.94. The number of nitrogens with zero attached hydrogens (tertiary/aromatic N) is 3. The van der Waals surface area contributed by atoms with Crippen LogP contribution in [0.1, 0.15) is 25.2 Å². The Labute approximate surface area is 122 Å². The van der Waals surface area contributed by atoms with Gasteiger partial charge in [0.1, 0.15) is 5.82 Å². The summed E-state index contributed by atoms with van der Waals surface area (Å²) in [7, 11) is 0. The van der Waals surface area contributed by atoms with Crippen LogP contribution in [0.3, 0.4) is 0 Å². The molecule has 0 radical (unpaired) electrons. The summed E-state index contributed by atoms with van der Waals surface area (Å²) in [6.07, 6.45) is 1.74. The first kappa shape index (κ1) is 14.6. The van der Waals surface area contributed by atoms with Crippen molar-refractivity contribution in [1.29, 1.82) is 0 Å². The van der Waals surface area contributed by atoms with E-state index in [0.717, 1.165) is 24.4 Å². The summed E-state index contributed by atoms with van der Waals surface area (Å²) in [4.78, 5) is 10.7. The Hall–Kier alpha value is -1.82. The van der Waals surface area contributed by atoms with E-state index in [1.807, 2.05) is 23.6 Å². The van der Waals surface area contributed by atoms with E-state index in [9.17, 15) is 4.79 Å². The zero-order chi connectivity index (χ0) is 14.5. The molecule has 0 aliphatic heterocycles. The molecule has 1 aromatic heterocycles. The second kappa shape index (κ2) is 6.56. The van der Waals surface area contributed by atoms with E-state index in [1.165, 1.54) is 17.3 Å². The number of thioether (sulfide) groups is 1. The van der Waals surface area contributed by atoms with Crippen molar-refractivity contribution in [3.63, 3.8) is 0 Å². The highest BCUT2D eigenvalue weighted by Gasteiger charge is 2.14. The van der Waals surface area contributed by atoms with Crippen LogP contribution in [0.4, 0.5) is 0 Å². The summed E-state index contributed by atoms with van der Waals surface area (Å²) in [5.41, 5.74) is 2.23. The molecule has 0 saturated heterocycles. The molecular formula is C14H17N3O2S. The van der Waals surface area contributed by atoms with Crippen LogP contribution < -0.4 is 0 Å². The number of rotatable bonds is 6. The van der Waals surface area contributed by atoms with Gasteiger partial charge < -0.3 is 5.11 Å². The molecule has 1 aromatic carbocycles. The summed E-state index contributed by atoms with van der Waals surface area (Å²) in [6.45, 7) is 4.12. The highest BCUT2D eigenvalue weighted by molar-refractivity contribution is 7.99. The number of hydrogen-bond donors (Lipinski definition) is 1. The molecule has 0 amide bonds. The molecule has 5 nitrogen and oxygen atoms in total. The van der Waals surface area contributed by atoms with E-state index in [4.69, 9.17) is 5.11 Å². The topological polar surface area (TPSA) is 68.0 Å². The molecule has 2 aromatic rings. The number of aromatic nitrogens is 3. The Morgan fingerprint density at radius 1 is 1.20 bits per heavy atom. The van der Waals surface area contributed by atoms with Gasteiger partial charge in [0.25, 0.3) is 0 Å². The average Bonchev–Trinajstić information content (AvgIpc) is 2.88. The molecule has 0 aliphatic carbocycles. The number of benzene rings is 1. The standard InChI is InChI=1S/C14H17N3O2S/c1-3-10-5-7-11(8-6-10)17-12(4-2)15-16-14(17)20-9-13(18)19/h5-8H,3-4,9H2,1-2H3,(H,18,19). The first-order chi connectivity index (χ1) is 9.65. The summed E-state index contributed by atoms with van der Waals surface area (Å²) in [6, 6.07) is 8.18. The van der Waals surface area contributed by atoms with Gasteiger partial charge in [0.2, 0.25) is 0 Å². The van der Waals surface area contributed by atoms with Crippen LogP contribution >= 0.6 is 11.8 Å². The van der Waals surface area contributed by atoms with Crippen molar-refractivity contribution >= 4 is 17.7 Å². The van der Waals surface area contributed by atoms with Gasteiger partial charge in [0.05, 0.1) is 5.75 Å². The molecule has 6 heteroatoms. The summed E-state index contributed by atoms with van der Waals surface area (Å²) >= 11 is 1.19. The van der Waals surface area contributed by atoms with Crippen molar-refractivity contribution in [1.82, 2.24) is 14.8 Å². The van der Waals surface area contributed by atoms with Crippen LogP contribution in [-0.2, 0) is 17.6 Å². The third-order valence-corrected chi connectivity index (χ3v) is 3.86.